The highest BCUT2D eigenvalue weighted by molar-refractivity contribution is 5.94. The number of benzene rings is 1. The maximum Gasteiger partial charge on any atom is 0.251 e. The zero-order chi connectivity index (χ0) is 14.7. The fourth-order valence-electron chi connectivity index (χ4n) is 2.16. The number of aromatic nitrogens is 2. The minimum atomic E-state index is -0.0327. The van der Waals surface area contributed by atoms with E-state index in [1.165, 1.54) is 5.56 Å². The Labute approximate surface area is 119 Å². The zero-order valence-electron chi connectivity index (χ0n) is 12.5. The molecule has 2 rings (SSSR count). The van der Waals surface area contributed by atoms with Gasteiger partial charge < -0.3 is 5.32 Å². The van der Waals surface area contributed by atoms with Crippen LogP contribution in [0.3, 0.4) is 0 Å². The summed E-state index contributed by atoms with van der Waals surface area (Å²) in [5, 5.41) is 7.30. The summed E-state index contributed by atoms with van der Waals surface area (Å²) in [4.78, 5) is 12.0. The lowest BCUT2D eigenvalue weighted by Crippen LogP contribution is -2.27. The number of carbonyl (C=O) groups is 1. The third-order valence-corrected chi connectivity index (χ3v) is 3.48. The summed E-state index contributed by atoms with van der Waals surface area (Å²) in [6, 6.07) is 7.80. The van der Waals surface area contributed by atoms with Gasteiger partial charge in [-0.2, -0.15) is 5.10 Å². The Morgan fingerprint density at radius 2 is 1.90 bits per heavy atom. The topological polar surface area (TPSA) is 46.9 Å². The van der Waals surface area contributed by atoms with Crippen LogP contribution < -0.4 is 5.32 Å². The summed E-state index contributed by atoms with van der Waals surface area (Å²) in [5.74, 6) is -0.0327. The third kappa shape index (κ3) is 3.26. The summed E-state index contributed by atoms with van der Waals surface area (Å²) in [5.41, 5.74) is 5.16. The van der Waals surface area contributed by atoms with Crippen LogP contribution in [0.25, 0.3) is 0 Å². The highest BCUT2D eigenvalue weighted by Crippen LogP contribution is 2.09. The molecule has 1 amide bonds. The molecule has 0 saturated heterocycles. The van der Waals surface area contributed by atoms with Crippen LogP contribution in [0.4, 0.5) is 0 Å². The van der Waals surface area contributed by atoms with E-state index < -0.39 is 0 Å². The molecule has 0 radical (unpaired) electrons. The van der Waals surface area contributed by atoms with Crippen LogP contribution in [0.5, 0.6) is 0 Å². The highest BCUT2D eigenvalue weighted by atomic mass is 16.1. The molecule has 0 fully saturated rings. The molecule has 0 unspecified atom stereocenters. The predicted molar refractivity (Wildman–Crippen MR) is 80.0 cm³/mol. The fraction of sp³-hybridized carbons (Fsp3) is 0.375. The first-order valence-corrected chi connectivity index (χ1v) is 6.84. The first-order valence-electron chi connectivity index (χ1n) is 6.84. The second kappa shape index (κ2) is 5.90. The molecular formula is C16H21N3O. The van der Waals surface area contributed by atoms with Crippen LogP contribution in [0.2, 0.25) is 0 Å². The van der Waals surface area contributed by atoms with Crippen molar-refractivity contribution in [2.24, 2.45) is 0 Å². The van der Waals surface area contributed by atoms with Gasteiger partial charge in [0.25, 0.3) is 5.91 Å². The quantitative estimate of drug-likeness (QED) is 0.929. The van der Waals surface area contributed by atoms with Gasteiger partial charge in [0.1, 0.15) is 0 Å². The van der Waals surface area contributed by atoms with E-state index in [-0.39, 0.29) is 5.91 Å². The van der Waals surface area contributed by atoms with Gasteiger partial charge in [-0.1, -0.05) is 6.07 Å². The van der Waals surface area contributed by atoms with Gasteiger partial charge in [-0.05, 0) is 57.0 Å². The summed E-state index contributed by atoms with van der Waals surface area (Å²) in [7, 11) is 0. The Morgan fingerprint density at radius 1 is 1.15 bits per heavy atom. The summed E-state index contributed by atoms with van der Waals surface area (Å²) in [6.45, 7) is 9.31. The Bertz CT molecular complexity index is 629. The number of nitrogens with zero attached hydrogens (tertiary/aromatic N) is 2. The first kappa shape index (κ1) is 14.3. The Morgan fingerprint density at radius 3 is 2.50 bits per heavy atom. The van der Waals surface area contributed by atoms with E-state index in [0.717, 1.165) is 17.0 Å². The molecule has 20 heavy (non-hydrogen) atoms. The molecular weight excluding hydrogens is 250 g/mol. The molecule has 1 N–H and O–H groups in total. The molecule has 4 nitrogen and oxygen atoms in total. The van der Waals surface area contributed by atoms with Crippen molar-refractivity contribution >= 4 is 5.91 Å². The van der Waals surface area contributed by atoms with Crippen LogP contribution in [0, 0.1) is 27.7 Å². The lowest BCUT2D eigenvalue weighted by atomic mass is 10.1. The van der Waals surface area contributed by atoms with E-state index >= 15 is 0 Å². The first-order chi connectivity index (χ1) is 9.47. The summed E-state index contributed by atoms with van der Waals surface area (Å²) in [6.07, 6.45) is 0. The van der Waals surface area contributed by atoms with Gasteiger partial charge >= 0.3 is 0 Å². The number of carbonyl (C=O) groups excluding carboxylic acids is 1. The third-order valence-electron chi connectivity index (χ3n) is 3.48. The predicted octanol–water partition coefficient (Wildman–Crippen LogP) is 2.55. The lowest BCUT2D eigenvalue weighted by molar-refractivity contribution is 0.0951. The molecule has 0 saturated carbocycles. The van der Waals surface area contributed by atoms with Gasteiger partial charge in [-0.25, -0.2) is 0 Å². The fourth-order valence-corrected chi connectivity index (χ4v) is 2.16. The minimum Gasteiger partial charge on any atom is -0.350 e. The molecule has 2 aromatic rings. The van der Waals surface area contributed by atoms with E-state index in [9.17, 15) is 4.79 Å². The lowest BCUT2D eigenvalue weighted by Gasteiger charge is -2.08. The van der Waals surface area contributed by atoms with Gasteiger partial charge in [-0.15, -0.1) is 0 Å². The van der Waals surface area contributed by atoms with Crippen LogP contribution in [0.1, 0.15) is 32.9 Å². The van der Waals surface area contributed by atoms with E-state index in [2.05, 4.69) is 10.4 Å². The van der Waals surface area contributed by atoms with Crippen molar-refractivity contribution in [1.82, 2.24) is 15.1 Å². The second-order valence-electron chi connectivity index (χ2n) is 5.21. The molecule has 0 bridgehead atoms. The standard InChI is InChI=1S/C16H21N3O/c1-11-5-6-15(9-12(11)2)16(20)17-7-8-19-14(4)10-13(3)18-19/h5-6,9-10H,7-8H2,1-4H3,(H,17,20). The van der Waals surface area contributed by atoms with Crippen molar-refractivity contribution in [3.05, 3.63) is 52.3 Å². The molecule has 0 spiro atoms. The molecule has 1 aromatic carbocycles. The molecule has 1 aromatic heterocycles. The second-order valence-corrected chi connectivity index (χ2v) is 5.21. The monoisotopic (exact) mass is 271 g/mol. The van der Waals surface area contributed by atoms with Crippen molar-refractivity contribution in [2.75, 3.05) is 6.54 Å². The van der Waals surface area contributed by atoms with Crippen molar-refractivity contribution in [3.8, 4) is 0 Å². The Balaban J connectivity index is 1.92. The normalized spacial score (nSPS) is 10.6. The van der Waals surface area contributed by atoms with E-state index in [0.29, 0.717) is 18.7 Å². The van der Waals surface area contributed by atoms with E-state index in [4.69, 9.17) is 0 Å². The van der Waals surface area contributed by atoms with Crippen molar-refractivity contribution in [3.63, 3.8) is 0 Å². The van der Waals surface area contributed by atoms with Crippen molar-refractivity contribution in [1.29, 1.82) is 0 Å². The molecule has 0 atom stereocenters. The van der Waals surface area contributed by atoms with E-state index in [1.807, 2.05) is 56.6 Å². The van der Waals surface area contributed by atoms with Gasteiger partial charge in [0.15, 0.2) is 0 Å². The molecule has 1 heterocycles. The number of hydrogen-bond acceptors (Lipinski definition) is 2. The van der Waals surface area contributed by atoms with Gasteiger partial charge in [0.2, 0.25) is 0 Å². The average Bonchev–Trinajstić information content (AvgIpc) is 2.71. The van der Waals surface area contributed by atoms with Gasteiger partial charge in [-0.3, -0.25) is 9.48 Å². The molecule has 106 valence electrons. The maximum absolute atomic E-state index is 12.0. The van der Waals surface area contributed by atoms with Crippen LogP contribution in [0.15, 0.2) is 24.3 Å². The Kier molecular flexibility index (Phi) is 4.23. The number of rotatable bonds is 4. The largest absolute Gasteiger partial charge is 0.350 e. The van der Waals surface area contributed by atoms with Crippen molar-refractivity contribution in [2.45, 2.75) is 34.2 Å². The molecule has 0 aliphatic carbocycles. The SMILES string of the molecule is Cc1cc(C)n(CCNC(=O)c2ccc(C)c(C)c2)n1. The van der Waals surface area contributed by atoms with Crippen LogP contribution in [-0.2, 0) is 6.54 Å². The van der Waals surface area contributed by atoms with Crippen molar-refractivity contribution < 1.29 is 4.79 Å². The average molecular weight is 271 g/mol. The van der Waals surface area contributed by atoms with E-state index in [1.54, 1.807) is 0 Å². The molecule has 0 aliphatic heterocycles. The Hall–Kier alpha value is -2.10. The van der Waals surface area contributed by atoms with Gasteiger partial charge in [0.05, 0.1) is 12.2 Å². The van der Waals surface area contributed by atoms with Crippen LogP contribution in [-0.4, -0.2) is 22.2 Å². The maximum atomic E-state index is 12.0. The highest BCUT2D eigenvalue weighted by Gasteiger charge is 2.06. The van der Waals surface area contributed by atoms with Gasteiger partial charge in [0, 0.05) is 17.8 Å². The van der Waals surface area contributed by atoms with Crippen LogP contribution >= 0.6 is 0 Å². The number of aryl methyl sites for hydroxylation is 4. The minimum absolute atomic E-state index is 0.0327. The summed E-state index contributed by atoms with van der Waals surface area (Å²) < 4.78 is 1.91. The smallest absolute Gasteiger partial charge is 0.251 e. The zero-order valence-corrected chi connectivity index (χ0v) is 12.5. The molecule has 4 heteroatoms. The molecule has 0 aliphatic rings. The number of amides is 1. The summed E-state index contributed by atoms with van der Waals surface area (Å²) >= 11 is 0. The number of nitrogens with one attached hydrogen (secondary N) is 1. The number of hydrogen-bond donors (Lipinski definition) is 1.